The van der Waals surface area contributed by atoms with Crippen molar-refractivity contribution in [2.45, 2.75) is 117 Å². The van der Waals surface area contributed by atoms with Crippen LogP contribution in [0.4, 0.5) is 4.79 Å². The van der Waals surface area contributed by atoms with Crippen molar-refractivity contribution in [3.8, 4) is 0 Å². The normalized spacial score (nSPS) is 42.0. The zero-order chi connectivity index (χ0) is 30.4. The third-order valence-corrected chi connectivity index (χ3v) is 14.2. The number of carbonyl (C=O) groups excluding carboxylic acids is 1. The van der Waals surface area contributed by atoms with E-state index in [4.69, 9.17) is 4.74 Å². The largest absolute Gasteiger partial charge is 0.449 e. The lowest BCUT2D eigenvalue weighted by molar-refractivity contribution is -0.203. The SMILES string of the molecule is CC[C@@H]1C2C[C@H](O)CCC2(C)[C@H]2CCC3(C)[C@@H]([C@H](C)CCOC(=O)N4CCC(Cc5ccccc5)CC4)CC[C@H]3C2[C@@H]1O. The molecule has 5 fully saturated rings. The first-order valence-corrected chi connectivity index (χ1v) is 18.0. The van der Waals surface area contributed by atoms with Crippen LogP contribution in [-0.4, -0.2) is 53.1 Å². The van der Waals surface area contributed by atoms with Crippen molar-refractivity contribution in [1.29, 1.82) is 0 Å². The van der Waals surface area contributed by atoms with Crippen LogP contribution in [-0.2, 0) is 11.2 Å². The number of nitrogens with zero attached hydrogens (tertiary/aromatic N) is 1. The van der Waals surface area contributed by atoms with Gasteiger partial charge in [0, 0.05) is 13.1 Å². The van der Waals surface area contributed by atoms with Gasteiger partial charge in [0.15, 0.2) is 0 Å². The number of likely N-dealkylation sites (tertiary alicyclic amines) is 1. The molecule has 6 rings (SSSR count). The highest BCUT2D eigenvalue weighted by atomic mass is 16.6. The van der Waals surface area contributed by atoms with Gasteiger partial charge < -0.3 is 19.8 Å². The highest BCUT2D eigenvalue weighted by Crippen LogP contribution is 2.69. The quantitative estimate of drug-likeness (QED) is 0.339. The summed E-state index contributed by atoms with van der Waals surface area (Å²) >= 11 is 0. The van der Waals surface area contributed by atoms with Gasteiger partial charge in [-0.1, -0.05) is 64.4 Å². The van der Waals surface area contributed by atoms with Gasteiger partial charge in [-0.05, 0) is 134 Å². The summed E-state index contributed by atoms with van der Waals surface area (Å²) in [5.74, 6) is 4.07. The smallest absolute Gasteiger partial charge is 0.409 e. The summed E-state index contributed by atoms with van der Waals surface area (Å²) in [5, 5.41) is 22.5. The second-order valence-corrected chi connectivity index (χ2v) is 16.1. The van der Waals surface area contributed by atoms with E-state index in [2.05, 4.69) is 58.0 Å². The molecule has 5 aliphatic rings. The molecule has 1 aromatic carbocycles. The number of piperidine rings is 1. The van der Waals surface area contributed by atoms with Crippen molar-refractivity contribution in [2.24, 2.45) is 58.2 Å². The Hall–Kier alpha value is -1.59. The van der Waals surface area contributed by atoms with E-state index in [0.717, 1.165) is 64.5 Å². The Balaban J connectivity index is 1.02. The Kier molecular flexibility index (Phi) is 9.24. The van der Waals surface area contributed by atoms with Crippen molar-refractivity contribution in [2.75, 3.05) is 19.7 Å². The molecule has 0 bridgehead atoms. The maximum absolute atomic E-state index is 12.9. The van der Waals surface area contributed by atoms with Crippen LogP contribution in [0.2, 0.25) is 0 Å². The van der Waals surface area contributed by atoms with Crippen LogP contribution in [0.25, 0.3) is 0 Å². The zero-order valence-electron chi connectivity index (χ0n) is 27.4. The van der Waals surface area contributed by atoms with Crippen LogP contribution in [0.3, 0.4) is 0 Å². The Morgan fingerprint density at radius 2 is 1.65 bits per heavy atom. The predicted molar refractivity (Wildman–Crippen MR) is 171 cm³/mol. The number of hydrogen-bond donors (Lipinski definition) is 2. The lowest BCUT2D eigenvalue weighted by Gasteiger charge is -2.64. The van der Waals surface area contributed by atoms with E-state index in [-0.39, 0.29) is 29.1 Å². The minimum Gasteiger partial charge on any atom is -0.449 e. The topological polar surface area (TPSA) is 70.0 Å². The molecule has 2 N–H and O–H groups in total. The first-order chi connectivity index (χ1) is 20.7. The maximum Gasteiger partial charge on any atom is 0.409 e. The number of aliphatic hydroxyl groups excluding tert-OH is 2. The molecule has 1 heterocycles. The fourth-order valence-corrected chi connectivity index (χ4v) is 11.8. The lowest BCUT2D eigenvalue weighted by atomic mass is 9.41. The van der Waals surface area contributed by atoms with Gasteiger partial charge >= 0.3 is 6.09 Å². The number of aliphatic hydroxyl groups is 2. The molecule has 5 nitrogen and oxygen atoms in total. The first kappa shape index (κ1) is 31.4. The van der Waals surface area contributed by atoms with Crippen LogP contribution >= 0.6 is 0 Å². The molecule has 43 heavy (non-hydrogen) atoms. The van der Waals surface area contributed by atoms with Crippen LogP contribution < -0.4 is 0 Å². The molecular weight excluding hydrogens is 534 g/mol. The molecule has 1 saturated heterocycles. The van der Waals surface area contributed by atoms with Crippen molar-refractivity contribution in [3.63, 3.8) is 0 Å². The fraction of sp³-hybridized carbons (Fsp3) is 0.816. The second kappa shape index (κ2) is 12.7. The average molecular weight is 594 g/mol. The van der Waals surface area contributed by atoms with E-state index in [1.807, 2.05) is 4.90 Å². The maximum atomic E-state index is 12.9. The molecule has 1 aliphatic heterocycles. The minimum absolute atomic E-state index is 0.127. The second-order valence-electron chi connectivity index (χ2n) is 16.1. The molecule has 0 spiro atoms. The van der Waals surface area contributed by atoms with Gasteiger partial charge in [0.05, 0.1) is 18.8 Å². The number of carbonyl (C=O) groups is 1. The van der Waals surface area contributed by atoms with E-state index in [1.54, 1.807) is 0 Å². The summed E-state index contributed by atoms with van der Waals surface area (Å²) in [6.45, 7) is 11.8. The number of rotatable bonds is 7. The molecule has 1 aromatic rings. The van der Waals surface area contributed by atoms with E-state index >= 15 is 0 Å². The summed E-state index contributed by atoms with van der Waals surface area (Å²) in [5.41, 5.74) is 1.89. The first-order valence-electron chi connectivity index (χ1n) is 18.0. The minimum atomic E-state index is -0.241. The third kappa shape index (κ3) is 5.80. The Labute approximate surface area is 261 Å². The van der Waals surface area contributed by atoms with Crippen molar-refractivity contribution in [3.05, 3.63) is 35.9 Å². The van der Waals surface area contributed by atoms with Crippen molar-refractivity contribution in [1.82, 2.24) is 4.90 Å². The summed E-state index contributed by atoms with van der Waals surface area (Å²) < 4.78 is 5.87. The fourth-order valence-electron chi connectivity index (χ4n) is 11.8. The monoisotopic (exact) mass is 593 g/mol. The van der Waals surface area contributed by atoms with Gasteiger partial charge in [-0.2, -0.15) is 0 Å². The number of ether oxygens (including phenoxy) is 1. The molecule has 5 heteroatoms. The molecule has 4 saturated carbocycles. The molecule has 0 radical (unpaired) electrons. The van der Waals surface area contributed by atoms with Gasteiger partial charge in [-0.15, -0.1) is 0 Å². The molecule has 4 unspecified atom stereocenters. The zero-order valence-corrected chi connectivity index (χ0v) is 27.4. The third-order valence-electron chi connectivity index (χ3n) is 14.2. The van der Waals surface area contributed by atoms with Crippen LogP contribution in [0.5, 0.6) is 0 Å². The number of fused-ring (bicyclic) bond motifs is 5. The van der Waals surface area contributed by atoms with E-state index < -0.39 is 0 Å². The average Bonchev–Trinajstić information content (AvgIpc) is 3.36. The predicted octanol–water partition coefficient (Wildman–Crippen LogP) is 7.73. The van der Waals surface area contributed by atoms with Crippen LogP contribution in [0.1, 0.15) is 104 Å². The molecular formula is C38H59NO4. The van der Waals surface area contributed by atoms with E-state index in [1.165, 1.54) is 31.2 Å². The summed E-state index contributed by atoms with van der Waals surface area (Å²) in [7, 11) is 0. The summed E-state index contributed by atoms with van der Waals surface area (Å²) in [6, 6.07) is 10.7. The highest BCUT2D eigenvalue weighted by Gasteiger charge is 2.64. The Morgan fingerprint density at radius 1 is 0.953 bits per heavy atom. The van der Waals surface area contributed by atoms with Gasteiger partial charge in [0.1, 0.15) is 0 Å². The number of benzene rings is 1. The van der Waals surface area contributed by atoms with E-state index in [9.17, 15) is 15.0 Å². The highest BCUT2D eigenvalue weighted by molar-refractivity contribution is 5.67. The van der Waals surface area contributed by atoms with Crippen molar-refractivity contribution >= 4 is 6.09 Å². The van der Waals surface area contributed by atoms with Gasteiger partial charge in [-0.3, -0.25) is 0 Å². The van der Waals surface area contributed by atoms with Gasteiger partial charge in [-0.25, -0.2) is 4.79 Å². The van der Waals surface area contributed by atoms with E-state index in [0.29, 0.717) is 54.0 Å². The molecule has 0 aromatic heterocycles. The Bertz CT molecular complexity index is 1090. The standard InChI is InChI=1S/C38H59NO4/c1-5-29-33-24-28(40)13-18-38(33,4)32-14-19-37(3)30(11-12-31(37)34(32)35(29)41)25(2)17-22-43-36(42)39-20-15-27(16-21-39)23-26-9-7-6-8-10-26/h6-10,25,27-35,40-41H,5,11-24H2,1-4H3/t25-,28-,29-,30-,31+,32+,33?,34?,35-,37?,38?/m1/s1. The number of amides is 1. The molecule has 1 amide bonds. The van der Waals surface area contributed by atoms with Crippen LogP contribution in [0, 0.1) is 58.2 Å². The molecule has 240 valence electrons. The molecule has 4 aliphatic carbocycles. The molecule has 11 atom stereocenters. The summed E-state index contributed by atoms with van der Waals surface area (Å²) in [4.78, 5) is 14.9. The van der Waals surface area contributed by atoms with Gasteiger partial charge in [0.25, 0.3) is 0 Å². The lowest BCUT2D eigenvalue weighted by Crippen LogP contribution is -2.62. The summed E-state index contributed by atoms with van der Waals surface area (Å²) in [6.07, 6.45) is 12.4. The van der Waals surface area contributed by atoms with Crippen molar-refractivity contribution < 1.29 is 19.7 Å². The Morgan fingerprint density at radius 3 is 2.37 bits per heavy atom. The number of hydrogen-bond acceptors (Lipinski definition) is 4. The van der Waals surface area contributed by atoms with Gasteiger partial charge in [0.2, 0.25) is 0 Å². The van der Waals surface area contributed by atoms with Crippen LogP contribution in [0.15, 0.2) is 30.3 Å².